The SMILES string of the molecule is CCOc1ccc(N(CC(=O)N/N=C\c2ccc(OCC(=O)Nc3ccccc3)cc2)S(=O)(=O)c2ccc(OC)c(OC)c2)cc1. The van der Waals surface area contributed by atoms with Crippen LogP contribution in [0.1, 0.15) is 12.5 Å². The van der Waals surface area contributed by atoms with Crippen LogP contribution in [0.3, 0.4) is 0 Å². The highest BCUT2D eigenvalue weighted by Gasteiger charge is 2.28. The average Bonchev–Trinajstić information content (AvgIpc) is 3.07. The van der Waals surface area contributed by atoms with Gasteiger partial charge in [0.05, 0.1) is 37.6 Å². The van der Waals surface area contributed by atoms with Gasteiger partial charge in [-0.1, -0.05) is 18.2 Å². The Hall–Kier alpha value is -5.56. The lowest BCUT2D eigenvalue weighted by Gasteiger charge is -2.24. The molecule has 0 radical (unpaired) electrons. The van der Waals surface area contributed by atoms with Gasteiger partial charge in [0.2, 0.25) is 0 Å². The fourth-order valence-corrected chi connectivity index (χ4v) is 5.59. The third-order valence-corrected chi connectivity index (χ3v) is 8.15. The minimum absolute atomic E-state index is 0.102. The standard InChI is InChI=1S/C33H34N4O8S/c1-4-44-27-16-12-26(13-17-27)37(46(40,41)29-18-19-30(42-2)31(20-29)43-3)22-32(38)36-34-21-24-10-14-28(15-11-24)45-23-33(39)35-25-8-6-5-7-9-25/h5-21H,4,22-23H2,1-3H3,(H,35,39)(H,36,38)/b34-21-. The van der Waals surface area contributed by atoms with Gasteiger partial charge in [-0.25, -0.2) is 13.8 Å². The van der Waals surface area contributed by atoms with Gasteiger partial charge < -0.3 is 24.3 Å². The molecule has 13 heteroatoms. The molecule has 2 amide bonds. The van der Waals surface area contributed by atoms with Gasteiger partial charge in [-0.3, -0.25) is 13.9 Å². The van der Waals surface area contributed by atoms with E-state index in [0.29, 0.717) is 35.1 Å². The average molecular weight is 647 g/mol. The van der Waals surface area contributed by atoms with Crippen LogP contribution in [0.2, 0.25) is 0 Å². The normalized spacial score (nSPS) is 11.0. The first-order chi connectivity index (χ1) is 22.2. The minimum Gasteiger partial charge on any atom is -0.494 e. The predicted molar refractivity (Wildman–Crippen MR) is 174 cm³/mol. The van der Waals surface area contributed by atoms with Crippen molar-refractivity contribution in [2.75, 3.05) is 43.6 Å². The number of benzene rings is 4. The van der Waals surface area contributed by atoms with E-state index in [4.69, 9.17) is 18.9 Å². The van der Waals surface area contributed by atoms with Gasteiger partial charge in [-0.15, -0.1) is 0 Å². The number of carbonyl (C=O) groups excluding carboxylic acids is 2. The number of rotatable bonds is 15. The number of para-hydroxylation sites is 1. The number of methoxy groups -OCH3 is 2. The highest BCUT2D eigenvalue weighted by atomic mass is 32.2. The maximum Gasteiger partial charge on any atom is 0.264 e. The van der Waals surface area contributed by atoms with Gasteiger partial charge >= 0.3 is 0 Å². The molecule has 0 spiro atoms. The number of sulfonamides is 1. The fourth-order valence-electron chi connectivity index (χ4n) is 4.16. The maximum absolute atomic E-state index is 13.8. The molecule has 4 aromatic carbocycles. The number of anilines is 2. The van der Waals surface area contributed by atoms with Crippen LogP contribution in [0.4, 0.5) is 11.4 Å². The molecule has 0 aliphatic carbocycles. The van der Waals surface area contributed by atoms with E-state index in [1.807, 2.05) is 25.1 Å². The number of nitrogens with one attached hydrogen (secondary N) is 2. The van der Waals surface area contributed by atoms with Crippen molar-refractivity contribution in [2.24, 2.45) is 5.10 Å². The van der Waals surface area contributed by atoms with E-state index in [0.717, 1.165) is 4.31 Å². The van der Waals surface area contributed by atoms with Crippen molar-refractivity contribution in [3.05, 3.63) is 103 Å². The summed E-state index contributed by atoms with van der Waals surface area (Å²) in [6, 6.07) is 26.2. The Morgan fingerprint density at radius 3 is 2.11 bits per heavy atom. The van der Waals surface area contributed by atoms with E-state index in [1.54, 1.807) is 60.7 Å². The lowest BCUT2D eigenvalue weighted by Crippen LogP contribution is -2.39. The Morgan fingerprint density at radius 2 is 1.46 bits per heavy atom. The molecule has 4 aromatic rings. The zero-order chi connectivity index (χ0) is 32.9. The first-order valence-corrected chi connectivity index (χ1v) is 15.5. The molecule has 0 heterocycles. The molecule has 0 bridgehead atoms. The summed E-state index contributed by atoms with van der Waals surface area (Å²) in [6.45, 7) is 1.53. The first kappa shape index (κ1) is 33.3. The van der Waals surface area contributed by atoms with E-state index >= 15 is 0 Å². The van der Waals surface area contributed by atoms with E-state index < -0.39 is 22.5 Å². The molecule has 2 N–H and O–H groups in total. The second-order valence-electron chi connectivity index (χ2n) is 9.52. The van der Waals surface area contributed by atoms with Gasteiger partial charge in [-0.05, 0) is 85.3 Å². The highest BCUT2D eigenvalue weighted by molar-refractivity contribution is 7.92. The molecule has 0 atom stereocenters. The quantitative estimate of drug-likeness (QED) is 0.142. The Bertz CT molecular complexity index is 1750. The second kappa shape index (κ2) is 16.0. The first-order valence-electron chi connectivity index (χ1n) is 14.1. The molecule has 0 unspecified atom stereocenters. The summed E-state index contributed by atoms with van der Waals surface area (Å²) in [5.74, 6) is 0.613. The fraction of sp³-hybridized carbons (Fsp3) is 0.182. The van der Waals surface area contributed by atoms with Gasteiger partial charge in [-0.2, -0.15) is 5.10 Å². The van der Waals surface area contributed by atoms with E-state index in [2.05, 4.69) is 15.8 Å². The lowest BCUT2D eigenvalue weighted by molar-refractivity contribution is -0.119. The maximum atomic E-state index is 13.8. The third-order valence-electron chi connectivity index (χ3n) is 6.38. The van der Waals surface area contributed by atoms with Crippen LogP contribution in [-0.2, 0) is 19.6 Å². The summed E-state index contributed by atoms with van der Waals surface area (Å²) in [6.07, 6.45) is 1.40. The Labute approximate surface area is 267 Å². The van der Waals surface area contributed by atoms with Crippen LogP contribution in [0.5, 0.6) is 23.0 Å². The topological polar surface area (TPSA) is 145 Å². The smallest absolute Gasteiger partial charge is 0.264 e. The summed E-state index contributed by atoms with van der Waals surface area (Å²) in [5.41, 5.74) is 3.92. The molecule has 0 saturated carbocycles. The van der Waals surface area contributed by atoms with Crippen molar-refractivity contribution in [1.29, 1.82) is 0 Å². The number of carbonyl (C=O) groups is 2. The van der Waals surface area contributed by atoms with Crippen LogP contribution >= 0.6 is 0 Å². The molecule has 0 saturated heterocycles. The van der Waals surface area contributed by atoms with Crippen molar-refractivity contribution in [2.45, 2.75) is 11.8 Å². The van der Waals surface area contributed by atoms with Gasteiger partial charge in [0.25, 0.3) is 21.8 Å². The Balaban J connectivity index is 1.42. The molecular weight excluding hydrogens is 612 g/mol. The van der Waals surface area contributed by atoms with Crippen molar-refractivity contribution < 1.29 is 37.0 Å². The van der Waals surface area contributed by atoms with E-state index in [-0.39, 0.29) is 28.8 Å². The van der Waals surface area contributed by atoms with Crippen LogP contribution in [-0.4, -0.2) is 60.4 Å². The Kier molecular flexibility index (Phi) is 11.6. The molecular formula is C33H34N4O8S. The van der Waals surface area contributed by atoms with Crippen LogP contribution < -0.4 is 34.0 Å². The lowest BCUT2D eigenvalue weighted by atomic mass is 10.2. The summed E-state index contributed by atoms with van der Waals surface area (Å²) >= 11 is 0. The molecule has 4 rings (SSSR count). The number of nitrogens with zero attached hydrogens (tertiary/aromatic N) is 2. The van der Waals surface area contributed by atoms with Crippen molar-refractivity contribution in [3.8, 4) is 23.0 Å². The summed E-state index contributed by atoms with van der Waals surface area (Å²) in [7, 11) is -1.40. The number of hydrazone groups is 1. The van der Waals surface area contributed by atoms with Crippen LogP contribution in [0, 0.1) is 0 Å². The number of hydrogen-bond donors (Lipinski definition) is 2. The van der Waals surface area contributed by atoms with Gasteiger partial charge in [0, 0.05) is 11.8 Å². The summed E-state index contributed by atoms with van der Waals surface area (Å²) < 4.78 is 50.1. The monoisotopic (exact) mass is 646 g/mol. The van der Waals surface area contributed by atoms with Crippen molar-refractivity contribution in [1.82, 2.24) is 5.43 Å². The van der Waals surface area contributed by atoms with Gasteiger partial charge in [0.15, 0.2) is 18.1 Å². The largest absolute Gasteiger partial charge is 0.494 e. The minimum atomic E-state index is -4.24. The summed E-state index contributed by atoms with van der Waals surface area (Å²) in [5, 5.41) is 6.71. The molecule has 12 nitrogen and oxygen atoms in total. The molecule has 0 aromatic heterocycles. The molecule has 240 valence electrons. The van der Waals surface area contributed by atoms with Crippen molar-refractivity contribution in [3.63, 3.8) is 0 Å². The van der Waals surface area contributed by atoms with E-state index in [1.165, 1.54) is 38.6 Å². The summed E-state index contributed by atoms with van der Waals surface area (Å²) in [4.78, 5) is 25.0. The molecule has 46 heavy (non-hydrogen) atoms. The molecule has 0 aliphatic heterocycles. The van der Waals surface area contributed by atoms with Crippen LogP contribution in [0.25, 0.3) is 0 Å². The van der Waals surface area contributed by atoms with E-state index in [9.17, 15) is 18.0 Å². The number of hydrogen-bond acceptors (Lipinski definition) is 9. The molecule has 0 fully saturated rings. The number of ether oxygens (including phenoxy) is 4. The predicted octanol–water partition coefficient (Wildman–Crippen LogP) is 4.47. The van der Waals surface area contributed by atoms with Crippen molar-refractivity contribution >= 4 is 39.4 Å². The third kappa shape index (κ3) is 8.99. The number of amides is 2. The zero-order valence-corrected chi connectivity index (χ0v) is 26.3. The van der Waals surface area contributed by atoms with Crippen LogP contribution in [0.15, 0.2) is 107 Å². The molecule has 0 aliphatic rings. The van der Waals surface area contributed by atoms with Gasteiger partial charge in [0.1, 0.15) is 18.0 Å². The zero-order valence-electron chi connectivity index (χ0n) is 25.5. The second-order valence-corrected chi connectivity index (χ2v) is 11.4. The Morgan fingerprint density at radius 1 is 0.804 bits per heavy atom. The highest BCUT2D eigenvalue weighted by Crippen LogP contribution is 2.32.